The zero-order valence-corrected chi connectivity index (χ0v) is 20.9. The molecule has 1 fully saturated rings. The van der Waals surface area contributed by atoms with Gasteiger partial charge in [-0.15, -0.1) is 0 Å². The third-order valence-electron chi connectivity index (χ3n) is 6.16. The maximum atomic E-state index is 13.5. The molecule has 4 rings (SSSR count). The highest BCUT2D eigenvalue weighted by Gasteiger charge is 2.28. The molecule has 180 valence electrons. The number of carbonyl (C=O) groups is 2. The number of amides is 1. The van der Waals surface area contributed by atoms with Gasteiger partial charge in [-0.25, -0.2) is 0 Å². The predicted molar refractivity (Wildman–Crippen MR) is 134 cm³/mol. The van der Waals surface area contributed by atoms with E-state index in [1.54, 1.807) is 30.0 Å². The van der Waals surface area contributed by atoms with E-state index < -0.39 is 5.60 Å². The SMILES string of the molecule is COc1ccccc1C1CCN(C(=O)c2cn(CC(=O)OC(C)(C)C)c3cc(Cl)ccc23)CC1. The van der Waals surface area contributed by atoms with Crippen LogP contribution >= 0.6 is 11.6 Å². The highest BCUT2D eigenvalue weighted by molar-refractivity contribution is 6.31. The summed E-state index contributed by atoms with van der Waals surface area (Å²) >= 11 is 6.24. The number of halogens is 1. The molecule has 3 aromatic rings. The summed E-state index contributed by atoms with van der Waals surface area (Å²) < 4.78 is 12.8. The predicted octanol–water partition coefficient (Wildman–Crippen LogP) is 5.66. The van der Waals surface area contributed by atoms with Crippen molar-refractivity contribution in [3.63, 3.8) is 0 Å². The average molecular weight is 483 g/mol. The number of hydrogen-bond donors (Lipinski definition) is 0. The van der Waals surface area contributed by atoms with Crippen molar-refractivity contribution in [3.8, 4) is 5.75 Å². The first kappa shape index (κ1) is 24.1. The number of nitrogens with zero attached hydrogens (tertiary/aromatic N) is 2. The van der Waals surface area contributed by atoms with Gasteiger partial charge in [0, 0.05) is 29.7 Å². The molecule has 0 radical (unpaired) electrons. The molecule has 7 heteroatoms. The number of para-hydroxylation sites is 1. The molecule has 34 heavy (non-hydrogen) atoms. The van der Waals surface area contributed by atoms with Gasteiger partial charge in [0.15, 0.2) is 0 Å². The number of methoxy groups -OCH3 is 1. The maximum absolute atomic E-state index is 13.5. The minimum absolute atomic E-state index is 0.0112. The molecule has 1 aromatic heterocycles. The van der Waals surface area contributed by atoms with E-state index in [1.165, 1.54) is 5.56 Å². The van der Waals surface area contributed by atoms with Crippen LogP contribution in [0.5, 0.6) is 5.75 Å². The number of ether oxygens (including phenoxy) is 2. The summed E-state index contributed by atoms with van der Waals surface area (Å²) in [6, 6.07) is 13.5. The van der Waals surface area contributed by atoms with Gasteiger partial charge >= 0.3 is 5.97 Å². The van der Waals surface area contributed by atoms with Crippen LogP contribution in [0.3, 0.4) is 0 Å². The second-order valence-corrected chi connectivity index (χ2v) is 10.2. The van der Waals surface area contributed by atoms with Crippen molar-refractivity contribution < 1.29 is 19.1 Å². The Morgan fingerprint density at radius 3 is 2.47 bits per heavy atom. The third kappa shape index (κ3) is 5.22. The van der Waals surface area contributed by atoms with Gasteiger partial charge in [-0.1, -0.05) is 35.9 Å². The second-order valence-electron chi connectivity index (χ2n) is 9.73. The van der Waals surface area contributed by atoms with Crippen LogP contribution in [0.4, 0.5) is 0 Å². The zero-order chi connectivity index (χ0) is 24.5. The summed E-state index contributed by atoms with van der Waals surface area (Å²) in [5.74, 6) is 0.858. The molecular weight excluding hydrogens is 452 g/mol. The summed E-state index contributed by atoms with van der Waals surface area (Å²) in [6.45, 7) is 6.83. The Balaban J connectivity index is 1.54. The van der Waals surface area contributed by atoms with Crippen LogP contribution in [0.15, 0.2) is 48.7 Å². The van der Waals surface area contributed by atoms with Gasteiger partial charge in [-0.3, -0.25) is 9.59 Å². The standard InChI is InChI=1S/C27H31ClN2O4/c1-27(2,3)34-25(31)17-30-16-22(21-10-9-19(28)15-23(21)30)26(32)29-13-11-18(12-14-29)20-7-5-6-8-24(20)33-4/h5-10,15-16,18H,11-14,17H2,1-4H3. The summed E-state index contributed by atoms with van der Waals surface area (Å²) in [7, 11) is 1.69. The van der Waals surface area contributed by atoms with Crippen molar-refractivity contribution >= 4 is 34.4 Å². The molecule has 1 aliphatic rings. The number of carbonyl (C=O) groups excluding carboxylic acids is 2. The van der Waals surface area contributed by atoms with Crippen LogP contribution in [0.1, 0.15) is 55.5 Å². The minimum Gasteiger partial charge on any atom is -0.496 e. The first-order chi connectivity index (χ1) is 16.2. The van der Waals surface area contributed by atoms with E-state index in [0.29, 0.717) is 29.6 Å². The van der Waals surface area contributed by atoms with Gasteiger partial charge in [0.2, 0.25) is 0 Å². The van der Waals surface area contributed by atoms with Crippen LogP contribution < -0.4 is 4.74 Å². The van der Waals surface area contributed by atoms with E-state index in [4.69, 9.17) is 21.1 Å². The molecule has 2 heterocycles. The van der Waals surface area contributed by atoms with Crippen LogP contribution in [-0.2, 0) is 16.1 Å². The topological polar surface area (TPSA) is 60.8 Å². The van der Waals surface area contributed by atoms with E-state index in [9.17, 15) is 9.59 Å². The van der Waals surface area contributed by atoms with Crippen molar-refractivity contribution in [2.45, 2.75) is 51.7 Å². The summed E-state index contributed by atoms with van der Waals surface area (Å²) in [5.41, 5.74) is 1.93. The van der Waals surface area contributed by atoms with Crippen molar-refractivity contribution in [3.05, 3.63) is 64.8 Å². The van der Waals surface area contributed by atoms with Gasteiger partial charge in [0.05, 0.1) is 18.2 Å². The average Bonchev–Trinajstić information content (AvgIpc) is 3.14. The summed E-state index contributed by atoms with van der Waals surface area (Å²) in [5, 5.41) is 1.33. The first-order valence-corrected chi connectivity index (χ1v) is 12.0. The molecule has 0 N–H and O–H groups in total. The lowest BCUT2D eigenvalue weighted by molar-refractivity contribution is -0.155. The molecule has 1 saturated heterocycles. The van der Waals surface area contributed by atoms with Crippen molar-refractivity contribution in [1.29, 1.82) is 0 Å². The lowest BCUT2D eigenvalue weighted by atomic mass is 9.88. The number of rotatable bonds is 5. The van der Waals surface area contributed by atoms with Gasteiger partial charge in [-0.05, 0) is 63.3 Å². The third-order valence-corrected chi connectivity index (χ3v) is 6.39. The maximum Gasteiger partial charge on any atom is 0.326 e. The Kier molecular flexibility index (Phi) is 6.89. The highest BCUT2D eigenvalue weighted by atomic mass is 35.5. The van der Waals surface area contributed by atoms with Gasteiger partial charge in [0.25, 0.3) is 5.91 Å². The van der Waals surface area contributed by atoms with Crippen molar-refractivity contribution in [2.75, 3.05) is 20.2 Å². The van der Waals surface area contributed by atoms with Crippen LogP contribution in [0.25, 0.3) is 10.9 Å². The second kappa shape index (κ2) is 9.71. The van der Waals surface area contributed by atoms with E-state index in [-0.39, 0.29) is 18.4 Å². The molecule has 6 nitrogen and oxygen atoms in total. The molecule has 0 spiro atoms. The molecule has 0 unspecified atom stereocenters. The first-order valence-electron chi connectivity index (χ1n) is 11.6. The Morgan fingerprint density at radius 2 is 1.79 bits per heavy atom. The number of benzene rings is 2. The van der Waals surface area contributed by atoms with Crippen molar-refractivity contribution in [2.24, 2.45) is 0 Å². The van der Waals surface area contributed by atoms with Crippen LogP contribution in [0, 0.1) is 0 Å². The molecule has 0 aliphatic carbocycles. The summed E-state index contributed by atoms with van der Waals surface area (Å²) in [4.78, 5) is 27.9. The smallest absolute Gasteiger partial charge is 0.326 e. The Hall–Kier alpha value is -2.99. The Morgan fingerprint density at radius 1 is 1.09 bits per heavy atom. The van der Waals surface area contributed by atoms with Crippen LogP contribution in [-0.4, -0.2) is 47.1 Å². The molecule has 0 bridgehead atoms. The number of esters is 1. The van der Waals surface area contributed by atoms with Gasteiger partial charge in [0.1, 0.15) is 17.9 Å². The van der Waals surface area contributed by atoms with E-state index in [1.807, 2.05) is 49.9 Å². The number of aromatic nitrogens is 1. The normalized spacial score (nSPS) is 14.9. The summed E-state index contributed by atoms with van der Waals surface area (Å²) in [6.07, 6.45) is 3.49. The fourth-order valence-corrected chi connectivity index (χ4v) is 4.81. The zero-order valence-electron chi connectivity index (χ0n) is 20.1. The van der Waals surface area contributed by atoms with Gasteiger partial charge in [-0.2, -0.15) is 0 Å². The molecule has 0 atom stereocenters. The van der Waals surface area contributed by atoms with Crippen LogP contribution in [0.2, 0.25) is 5.02 Å². The van der Waals surface area contributed by atoms with E-state index >= 15 is 0 Å². The molecule has 0 saturated carbocycles. The highest BCUT2D eigenvalue weighted by Crippen LogP contribution is 2.35. The van der Waals surface area contributed by atoms with E-state index in [2.05, 4.69) is 6.07 Å². The molecular formula is C27H31ClN2O4. The van der Waals surface area contributed by atoms with Crippen molar-refractivity contribution in [1.82, 2.24) is 9.47 Å². The fraction of sp³-hybridized carbons (Fsp3) is 0.407. The minimum atomic E-state index is -0.581. The largest absolute Gasteiger partial charge is 0.496 e. The quantitative estimate of drug-likeness (QED) is 0.440. The number of piperidine rings is 1. The number of hydrogen-bond acceptors (Lipinski definition) is 4. The Labute approximate surface area is 205 Å². The lowest BCUT2D eigenvalue weighted by Gasteiger charge is -2.32. The molecule has 1 aliphatic heterocycles. The number of likely N-dealkylation sites (tertiary alicyclic amines) is 1. The van der Waals surface area contributed by atoms with E-state index in [0.717, 1.165) is 29.5 Å². The molecule has 2 aromatic carbocycles. The molecule has 1 amide bonds. The van der Waals surface area contributed by atoms with Gasteiger partial charge < -0.3 is 18.9 Å². The fourth-order valence-electron chi connectivity index (χ4n) is 4.65. The lowest BCUT2D eigenvalue weighted by Crippen LogP contribution is -2.38. The monoisotopic (exact) mass is 482 g/mol. The number of fused-ring (bicyclic) bond motifs is 1. The Bertz CT molecular complexity index is 1200.